The molecule has 3 aromatic rings. The van der Waals surface area contributed by atoms with Crippen LogP contribution in [0.15, 0.2) is 30.6 Å². The van der Waals surface area contributed by atoms with E-state index in [1.807, 2.05) is 20.0 Å². The minimum atomic E-state index is -0.472. The van der Waals surface area contributed by atoms with Gasteiger partial charge in [-0.15, -0.1) is 0 Å². The highest BCUT2D eigenvalue weighted by Crippen LogP contribution is 2.32. The molecule has 1 aromatic carbocycles. The molecule has 0 spiro atoms. The van der Waals surface area contributed by atoms with Gasteiger partial charge in [0.05, 0.1) is 16.9 Å². The minimum absolute atomic E-state index is 0.167. The lowest BCUT2D eigenvalue weighted by atomic mass is 10.2. The molecular weight excluding hydrogens is 357 g/mol. The average Bonchev–Trinajstić information content (AvgIpc) is 3.05. The van der Waals surface area contributed by atoms with Crippen LogP contribution in [-0.4, -0.2) is 33.8 Å². The third kappa shape index (κ3) is 3.76. The maximum Gasteiger partial charge on any atom is 0.229 e. The van der Waals surface area contributed by atoms with Crippen molar-refractivity contribution in [2.24, 2.45) is 0 Å². The van der Waals surface area contributed by atoms with E-state index in [0.29, 0.717) is 24.0 Å². The lowest BCUT2D eigenvalue weighted by Gasteiger charge is -2.13. The molecule has 7 nitrogen and oxygen atoms in total. The molecule has 0 amide bonds. The summed E-state index contributed by atoms with van der Waals surface area (Å²) in [7, 11) is 3.60. The monoisotopic (exact) mass is 375 g/mol. The summed E-state index contributed by atoms with van der Waals surface area (Å²) in [5, 5.41) is 13.4. The van der Waals surface area contributed by atoms with Gasteiger partial charge in [0.25, 0.3) is 0 Å². The smallest absolute Gasteiger partial charge is 0.229 e. The highest BCUT2D eigenvalue weighted by molar-refractivity contribution is 6.35. The van der Waals surface area contributed by atoms with Crippen LogP contribution in [0.2, 0.25) is 5.02 Å². The Hall–Kier alpha value is -2.71. The average molecular weight is 376 g/mol. The summed E-state index contributed by atoms with van der Waals surface area (Å²) in [5.74, 6) is 0.563. The topological polar surface area (TPSA) is 79.7 Å². The van der Waals surface area contributed by atoms with Crippen molar-refractivity contribution in [3.05, 3.63) is 52.7 Å². The second-order valence-corrected chi connectivity index (χ2v) is 6.05. The Labute approximate surface area is 155 Å². The molecular formula is C17H19ClFN7. The zero-order valence-electron chi connectivity index (χ0n) is 14.6. The summed E-state index contributed by atoms with van der Waals surface area (Å²) in [4.78, 5) is 8.65. The van der Waals surface area contributed by atoms with Gasteiger partial charge in [-0.25, -0.2) is 14.1 Å². The van der Waals surface area contributed by atoms with Crippen molar-refractivity contribution in [3.8, 4) is 5.69 Å². The van der Waals surface area contributed by atoms with Crippen molar-refractivity contribution in [3.63, 3.8) is 0 Å². The molecule has 2 aromatic heterocycles. The van der Waals surface area contributed by atoms with E-state index in [1.54, 1.807) is 25.5 Å². The number of hydrogen-bond donors (Lipinski definition) is 3. The molecule has 0 saturated carbocycles. The van der Waals surface area contributed by atoms with Crippen LogP contribution in [0.5, 0.6) is 0 Å². The van der Waals surface area contributed by atoms with Crippen LogP contribution < -0.4 is 16.0 Å². The number of rotatable bonds is 6. The highest BCUT2D eigenvalue weighted by atomic mass is 35.5. The van der Waals surface area contributed by atoms with E-state index < -0.39 is 5.82 Å². The molecule has 3 N–H and O–H groups in total. The molecule has 26 heavy (non-hydrogen) atoms. The van der Waals surface area contributed by atoms with Crippen LogP contribution in [-0.2, 0) is 6.54 Å². The number of benzene rings is 1. The standard InChI is InChI=1S/C17H19ClFN7/c1-10-6-14(21-3)25-17(23-10)24-13-5-4-12(19)16(15(13)18)26-9-11(7-20-2)8-22-26/h4-6,8-9,20H,7H2,1-3H3,(H2,21,23,24,25). The Kier molecular flexibility index (Phi) is 5.34. The molecule has 0 aliphatic carbocycles. The summed E-state index contributed by atoms with van der Waals surface area (Å²) >= 11 is 6.45. The van der Waals surface area contributed by atoms with Gasteiger partial charge < -0.3 is 16.0 Å². The molecule has 9 heteroatoms. The number of hydrogen-bond acceptors (Lipinski definition) is 6. The van der Waals surface area contributed by atoms with Crippen molar-refractivity contribution in [1.29, 1.82) is 0 Å². The van der Waals surface area contributed by atoms with Crippen LogP contribution in [0.3, 0.4) is 0 Å². The van der Waals surface area contributed by atoms with Gasteiger partial charge in [0.15, 0.2) is 5.82 Å². The quantitative estimate of drug-likeness (QED) is 0.613. The van der Waals surface area contributed by atoms with Crippen molar-refractivity contribution < 1.29 is 4.39 Å². The van der Waals surface area contributed by atoms with Gasteiger partial charge in [-0.2, -0.15) is 10.1 Å². The molecule has 0 unspecified atom stereocenters. The van der Waals surface area contributed by atoms with Crippen LogP contribution in [0, 0.1) is 12.7 Å². The van der Waals surface area contributed by atoms with Crippen molar-refractivity contribution in [2.45, 2.75) is 13.5 Å². The lowest BCUT2D eigenvalue weighted by molar-refractivity contribution is 0.611. The number of nitrogens with zero attached hydrogens (tertiary/aromatic N) is 4. The summed E-state index contributed by atoms with van der Waals surface area (Å²) < 4.78 is 15.8. The fourth-order valence-electron chi connectivity index (χ4n) is 2.50. The fraction of sp³-hybridized carbons (Fsp3) is 0.235. The van der Waals surface area contributed by atoms with E-state index in [2.05, 4.69) is 31.0 Å². The third-order valence-corrected chi connectivity index (χ3v) is 4.05. The Morgan fingerprint density at radius 1 is 1.23 bits per heavy atom. The van der Waals surface area contributed by atoms with Crippen LogP contribution in [0.25, 0.3) is 5.69 Å². The van der Waals surface area contributed by atoms with Gasteiger partial charge in [0, 0.05) is 37.1 Å². The van der Waals surface area contributed by atoms with E-state index in [1.165, 1.54) is 10.7 Å². The van der Waals surface area contributed by atoms with E-state index in [0.717, 1.165) is 11.3 Å². The predicted molar refractivity (Wildman–Crippen MR) is 101 cm³/mol. The van der Waals surface area contributed by atoms with Crippen LogP contribution >= 0.6 is 11.6 Å². The van der Waals surface area contributed by atoms with Crippen molar-refractivity contribution >= 4 is 29.1 Å². The third-order valence-electron chi connectivity index (χ3n) is 3.67. The molecule has 3 rings (SSSR count). The van der Waals surface area contributed by atoms with E-state index in [9.17, 15) is 4.39 Å². The second kappa shape index (κ2) is 7.67. The van der Waals surface area contributed by atoms with Gasteiger partial charge in [-0.05, 0) is 26.1 Å². The molecule has 2 heterocycles. The first-order valence-electron chi connectivity index (χ1n) is 7.98. The molecule has 0 bridgehead atoms. The summed E-state index contributed by atoms with van der Waals surface area (Å²) in [6.07, 6.45) is 3.39. The van der Waals surface area contributed by atoms with Gasteiger partial charge in [0.1, 0.15) is 11.5 Å². The summed E-state index contributed by atoms with van der Waals surface area (Å²) in [5.41, 5.74) is 2.36. The first kappa shape index (κ1) is 18.1. The molecule has 0 fully saturated rings. The summed E-state index contributed by atoms with van der Waals surface area (Å²) in [6, 6.07) is 4.69. The Morgan fingerprint density at radius 3 is 2.77 bits per heavy atom. The second-order valence-electron chi connectivity index (χ2n) is 5.67. The van der Waals surface area contributed by atoms with Gasteiger partial charge >= 0.3 is 0 Å². The van der Waals surface area contributed by atoms with Crippen molar-refractivity contribution in [2.75, 3.05) is 24.7 Å². The lowest BCUT2D eigenvalue weighted by Crippen LogP contribution is -2.06. The van der Waals surface area contributed by atoms with Gasteiger partial charge in [-0.3, -0.25) is 0 Å². The summed E-state index contributed by atoms with van der Waals surface area (Å²) in [6.45, 7) is 2.49. The molecule has 0 radical (unpaired) electrons. The largest absolute Gasteiger partial charge is 0.373 e. The minimum Gasteiger partial charge on any atom is -0.373 e. The molecule has 0 saturated heterocycles. The van der Waals surface area contributed by atoms with Gasteiger partial charge in [-0.1, -0.05) is 11.6 Å². The van der Waals surface area contributed by atoms with Gasteiger partial charge in [0.2, 0.25) is 5.95 Å². The molecule has 0 atom stereocenters. The molecule has 0 aliphatic rings. The maximum atomic E-state index is 14.4. The van der Waals surface area contributed by atoms with Crippen LogP contribution in [0.4, 0.5) is 21.8 Å². The Balaban J connectivity index is 1.98. The maximum absolute atomic E-state index is 14.4. The Bertz CT molecular complexity index is 925. The zero-order valence-corrected chi connectivity index (χ0v) is 15.4. The molecule has 136 valence electrons. The van der Waals surface area contributed by atoms with Crippen LogP contribution in [0.1, 0.15) is 11.3 Å². The number of aromatic nitrogens is 4. The van der Waals surface area contributed by atoms with Crippen molar-refractivity contribution in [1.82, 2.24) is 25.1 Å². The zero-order chi connectivity index (χ0) is 18.7. The first-order valence-corrected chi connectivity index (χ1v) is 8.36. The fourth-order valence-corrected chi connectivity index (χ4v) is 2.79. The first-order chi connectivity index (χ1) is 12.5. The predicted octanol–water partition coefficient (Wildman–Crippen LogP) is 3.27. The normalized spacial score (nSPS) is 10.8. The number of anilines is 3. The molecule has 0 aliphatic heterocycles. The number of aryl methyl sites for hydroxylation is 1. The SMILES string of the molecule is CNCc1cnn(-c2c(F)ccc(Nc3nc(C)cc(NC)n3)c2Cl)c1. The van der Waals surface area contributed by atoms with E-state index in [-0.39, 0.29) is 10.7 Å². The Morgan fingerprint density at radius 2 is 2.04 bits per heavy atom. The highest BCUT2D eigenvalue weighted by Gasteiger charge is 2.16. The number of nitrogens with one attached hydrogen (secondary N) is 3. The number of halogens is 2. The van der Waals surface area contributed by atoms with E-state index >= 15 is 0 Å². The van der Waals surface area contributed by atoms with E-state index in [4.69, 9.17) is 11.6 Å².